The van der Waals surface area contributed by atoms with Gasteiger partial charge >= 0.3 is 12.2 Å². The van der Waals surface area contributed by atoms with Gasteiger partial charge in [0.1, 0.15) is 11.2 Å². The second-order valence-corrected chi connectivity index (χ2v) is 10.9. The molecule has 33 heavy (non-hydrogen) atoms. The minimum Gasteiger partial charge on any atom is -0.444 e. The van der Waals surface area contributed by atoms with Gasteiger partial charge in [-0.1, -0.05) is 40.5 Å². The van der Waals surface area contributed by atoms with E-state index >= 15 is 0 Å². The van der Waals surface area contributed by atoms with Gasteiger partial charge in [0.05, 0.1) is 24.3 Å². The van der Waals surface area contributed by atoms with Gasteiger partial charge in [-0.3, -0.25) is 0 Å². The molecular formula is C24H49N3O6. The van der Waals surface area contributed by atoms with Crippen molar-refractivity contribution in [2.24, 2.45) is 11.8 Å². The monoisotopic (exact) mass is 475 g/mol. The lowest BCUT2D eigenvalue weighted by Crippen LogP contribution is -2.54. The van der Waals surface area contributed by atoms with E-state index in [9.17, 15) is 19.8 Å². The van der Waals surface area contributed by atoms with E-state index in [2.05, 4.69) is 16.0 Å². The van der Waals surface area contributed by atoms with E-state index in [0.29, 0.717) is 0 Å². The first kappa shape index (κ1) is 31.4. The van der Waals surface area contributed by atoms with Crippen molar-refractivity contribution in [2.75, 3.05) is 13.1 Å². The van der Waals surface area contributed by atoms with Crippen LogP contribution in [0.5, 0.6) is 0 Å². The highest BCUT2D eigenvalue weighted by Crippen LogP contribution is 2.15. The molecule has 5 N–H and O–H groups in total. The van der Waals surface area contributed by atoms with Crippen LogP contribution in [-0.2, 0) is 9.47 Å². The number of rotatable bonds is 12. The largest absolute Gasteiger partial charge is 0.444 e. The molecule has 9 heteroatoms. The number of amides is 2. The number of aliphatic hydroxyl groups is 2. The van der Waals surface area contributed by atoms with E-state index in [1.807, 2.05) is 27.7 Å². The van der Waals surface area contributed by atoms with Crippen molar-refractivity contribution in [3.8, 4) is 0 Å². The summed E-state index contributed by atoms with van der Waals surface area (Å²) < 4.78 is 10.6. The lowest BCUT2D eigenvalue weighted by atomic mass is 9.93. The van der Waals surface area contributed by atoms with E-state index in [0.717, 1.165) is 12.8 Å². The molecule has 0 rings (SSSR count). The average Bonchev–Trinajstić information content (AvgIpc) is 2.66. The van der Waals surface area contributed by atoms with Crippen molar-refractivity contribution in [3.63, 3.8) is 0 Å². The van der Waals surface area contributed by atoms with Gasteiger partial charge in [0.15, 0.2) is 0 Å². The molecule has 6 atom stereocenters. The Morgan fingerprint density at radius 2 is 1.03 bits per heavy atom. The Balaban J connectivity index is 4.98. The van der Waals surface area contributed by atoms with E-state index in [4.69, 9.17) is 9.47 Å². The van der Waals surface area contributed by atoms with E-state index in [1.165, 1.54) is 0 Å². The molecule has 0 aromatic rings. The highest BCUT2D eigenvalue weighted by molar-refractivity contribution is 5.68. The van der Waals surface area contributed by atoms with Crippen LogP contribution in [0, 0.1) is 11.8 Å². The molecule has 0 aliphatic rings. The van der Waals surface area contributed by atoms with E-state index in [1.54, 1.807) is 41.5 Å². The molecule has 0 saturated carbocycles. The Kier molecular flexibility index (Phi) is 13.3. The average molecular weight is 476 g/mol. The normalized spacial score (nSPS) is 17.8. The molecule has 9 nitrogen and oxygen atoms in total. The van der Waals surface area contributed by atoms with Gasteiger partial charge in [-0.05, 0) is 53.4 Å². The van der Waals surface area contributed by atoms with Gasteiger partial charge in [0, 0.05) is 13.1 Å². The van der Waals surface area contributed by atoms with Crippen molar-refractivity contribution in [2.45, 2.75) is 118 Å². The molecule has 0 unspecified atom stereocenters. The highest BCUT2D eigenvalue weighted by Gasteiger charge is 2.30. The Labute approximate surface area is 200 Å². The first-order valence-corrected chi connectivity index (χ1v) is 12.1. The molecule has 0 aromatic carbocycles. The molecule has 0 fully saturated rings. The third kappa shape index (κ3) is 13.7. The molecule has 0 heterocycles. The van der Waals surface area contributed by atoms with Crippen molar-refractivity contribution in [1.82, 2.24) is 16.0 Å². The fourth-order valence-electron chi connectivity index (χ4n) is 3.26. The smallest absolute Gasteiger partial charge is 0.407 e. The predicted octanol–water partition coefficient (Wildman–Crippen LogP) is 3.18. The van der Waals surface area contributed by atoms with Crippen molar-refractivity contribution in [3.05, 3.63) is 0 Å². The topological polar surface area (TPSA) is 129 Å². The Bertz CT molecular complexity index is 538. The minimum absolute atomic E-state index is 0.0148. The summed E-state index contributed by atoms with van der Waals surface area (Å²) in [5, 5.41) is 30.1. The van der Waals surface area contributed by atoms with Gasteiger partial charge in [-0.2, -0.15) is 0 Å². The maximum absolute atomic E-state index is 12.2. The molecule has 0 spiro atoms. The quantitative estimate of drug-likeness (QED) is 0.293. The number of ether oxygens (including phenoxy) is 2. The maximum Gasteiger partial charge on any atom is 0.407 e. The number of carbonyl (C=O) groups excluding carboxylic acids is 2. The minimum atomic E-state index is -0.888. The van der Waals surface area contributed by atoms with Crippen LogP contribution in [0.2, 0.25) is 0 Å². The Morgan fingerprint density at radius 1 is 0.727 bits per heavy atom. The number of hydrogen-bond donors (Lipinski definition) is 5. The third-order valence-electron chi connectivity index (χ3n) is 5.42. The molecule has 196 valence electrons. The zero-order chi connectivity index (χ0) is 26.0. The maximum atomic E-state index is 12.2. The fourth-order valence-corrected chi connectivity index (χ4v) is 3.26. The van der Waals surface area contributed by atoms with Gasteiger partial charge in [-0.15, -0.1) is 0 Å². The Hall–Kier alpha value is -1.58. The molecule has 0 aliphatic carbocycles. The number of carbonyl (C=O) groups is 2. The molecule has 0 bridgehead atoms. The first-order valence-electron chi connectivity index (χ1n) is 12.1. The number of alkyl carbamates (subject to hydrolysis) is 2. The predicted molar refractivity (Wildman–Crippen MR) is 130 cm³/mol. The molecule has 0 aliphatic heterocycles. The summed E-state index contributed by atoms with van der Waals surface area (Å²) in [5.41, 5.74) is -1.27. The summed E-state index contributed by atoms with van der Waals surface area (Å²) >= 11 is 0. The van der Waals surface area contributed by atoms with Crippen LogP contribution in [0.15, 0.2) is 0 Å². The summed E-state index contributed by atoms with van der Waals surface area (Å²) in [4.78, 5) is 24.4. The summed E-state index contributed by atoms with van der Waals surface area (Å²) in [6, 6.07) is -1.03. The third-order valence-corrected chi connectivity index (χ3v) is 5.42. The molecule has 0 radical (unpaired) electrons. The van der Waals surface area contributed by atoms with Crippen molar-refractivity contribution < 1.29 is 29.3 Å². The summed E-state index contributed by atoms with van der Waals surface area (Å²) in [6.45, 7) is 18.9. The number of nitrogens with one attached hydrogen (secondary N) is 3. The standard InChI is InChI=1S/C24H49N3O6/c1-11-15(3)19(26-21(30)32-23(5,6)7)17(28)13-25-14-18(29)20(16(4)12-2)27-22(31)33-24(8,9)10/h15-20,25,28-29H,11-14H2,1-10H3,(H,26,30)(H,27,31)/t15-,16-,17-,18-,19+,20+/m1/s1. The van der Waals surface area contributed by atoms with E-state index in [-0.39, 0.29) is 24.9 Å². The number of aliphatic hydroxyl groups excluding tert-OH is 2. The van der Waals surface area contributed by atoms with Gasteiger partial charge in [0.2, 0.25) is 0 Å². The summed E-state index contributed by atoms with van der Waals surface area (Å²) in [5.74, 6) is 0.0295. The second-order valence-electron chi connectivity index (χ2n) is 10.9. The lowest BCUT2D eigenvalue weighted by molar-refractivity contribution is 0.0322. The molecule has 0 saturated heterocycles. The SMILES string of the molecule is CC[C@@H](C)[C@H](NC(=O)OC(C)(C)C)[C@H](O)CNC[C@@H](O)[C@@H](NC(=O)OC(C)(C)C)[C@H](C)CC. The first-order chi connectivity index (χ1) is 15.0. The zero-order valence-corrected chi connectivity index (χ0v) is 22.3. The Morgan fingerprint density at radius 3 is 1.27 bits per heavy atom. The van der Waals surface area contributed by atoms with Crippen LogP contribution in [-0.4, -0.2) is 71.0 Å². The van der Waals surface area contributed by atoms with Crippen molar-refractivity contribution in [1.29, 1.82) is 0 Å². The molecule has 2 amide bonds. The molecule has 0 aromatic heterocycles. The summed E-state index contributed by atoms with van der Waals surface area (Å²) in [7, 11) is 0. The van der Waals surface area contributed by atoms with E-state index < -0.39 is 47.7 Å². The lowest BCUT2D eigenvalue weighted by Gasteiger charge is -2.32. The fraction of sp³-hybridized carbons (Fsp3) is 0.917. The van der Waals surface area contributed by atoms with Crippen LogP contribution in [0.1, 0.15) is 82.1 Å². The zero-order valence-electron chi connectivity index (χ0n) is 22.3. The van der Waals surface area contributed by atoms with Crippen molar-refractivity contribution >= 4 is 12.2 Å². The van der Waals surface area contributed by atoms with Crippen LogP contribution < -0.4 is 16.0 Å². The van der Waals surface area contributed by atoms with Gasteiger partial charge in [0.25, 0.3) is 0 Å². The highest BCUT2D eigenvalue weighted by atomic mass is 16.6. The van der Waals surface area contributed by atoms with Crippen LogP contribution in [0.3, 0.4) is 0 Å². The van der Waals surface area contributed by atoms with Gasteiger partial charge < -0.3 is 35.6 Å². The number of hydrogen-bond acceptors (Lipinski definition) is 7. The van der Waals surface area contributed by atoms with Crippen LogP contribution in [0.25, 0.3) is 0 Å². The second kappa shape index (κ2) is 14.0. The van der Waals surface area contributed by atoms with Gasteiger partial charge in [-0.25, -0.2) is 9.59 Å². The summed E-state index contributed by atoms with van der Waals surface area (Å²) in [6.07, 6.45) is -1.41. The molecular weight excluding hydrogens is 426 g/mol. The van der Waals surface area contributed by atoms with Crippen LogP contribution in [0.4, 0.5) is 9.59 Å². The van der Waals surface area contributed by atoms with Crippen LogP contribution >= 0.6 is 0 Å².